The average Bonchev–Trinajstić information content (AvgIpc) is 2.83. The van der Waals surface area contributed by atoms with Crippen molar-refractivity contribution in [2.45, 2.75) is 201 Å². The predicted molar refractivity (Wildman–Crippen MR) is 153 cm³/mol. The Hall–Kier alpha value is 0.714. The van der Waals surface area contributed by atoms with Crippen LogP contribution in [0.5, 0.6) is 0 Å². The molecule has 0 aliphatic rings. The van der Waals surface area contributed by atoms with Gasteiger partial charge in [0, 0.05) is 0 Å². The number of rotatable bonds is 24. The quantitative estimate of drug-likeness (QED) is 0.0913. The number of unbranched alkanes of at least 4 members (excludes halogenated alkanes) is 8. The molecule has 0 aromatic heterocycles. The van der Waals surface area contributed by atoms with Gasteiger partial charge in [-0.2, -0.15) is 0 Å². The summed E-state index contributed by atoms with van der Waals surface area (Å²) in [6.45, 7) is 20.0. The fourth-order valence-electron chi connectivity index (χ4n) is 7.79. The maximum absolute atomic E-state index is 2.60. The molecule has 0 aliphatic heterocycles. The molecule has 200 valence electrons. The van der Waals surface area contributed by atoms with Crippen LogP contribution in [0, 0.1) is 0 Å². The summed E-state index contributed by atoms with van der Waals surface area (Å²) in [4.78, 5) is 0. The van der Waals surface area contributed by atoms with Gasteiger partial charge in [-0.25, -0.2) is 0 Å². The van der Waals surface area contributed by atoms with Crippen LogP contribution in [0.4, 0.5) is 0 Å². The summed E-state index contributed by atoms with van der Waals surface area (Å²) in [5.74, 6) is 0. The molecule has 0 nitrogen and oxygen atoms in total. The third-order valence-electron chi connectivity index (χ3n) is 9.42. The van der Waals surface area contributed by atoms with Crippen LogP contribution in [0.3, 0.4) is 0 Å². The third-order valence-corrected chi connectivity index (χ3v) is 22.6. The fraction of sp³-hybridized carbons (Fsp3) is 1.00. The van der Waals surface area contributed by atoms with E-state index in [0.717, 1.165) is 16.9 Å². The van der Waals surface area contributed by atoms with E-state index in [1.165, 1.54) is 103 Å². The maximum atomic E-state index is 2.60. The molecule has 0 spiro atoms. The zero-order chi connectivity index (χ0) is 25.0. The Morgan fingerprint density at radius 1 is 0.333 bits per heavy atom. The van der Waals surface area contributed by atoms with Crippen LogP contribution in [-0.4, -0.2) is 0 Å². The predicted octanol–water partition coefficient (Wildman–Crippen LogP) is 13.3. The Labute approximate surface area is 216 Å². The molecule has 0 aliphatic carbocycles. The Morgan fingerprint density at radius 2 is 0.545 bits per heavy atom. The first-order chi connectivity index (χ1) is 16.1. The second-order valence-corrected chi connectivity index (χ2v) is 19.6. The molecule has 0 amide bonds. The van der Waals surface area contributed by atoms with Gasteiger partial charge in [-0.05, 0) is 0 Å². The molecule has 33 heavy (non-hydrogen) atoms. The van der Waals surface area contributed by atoms with Gasteiger partial charge >= 0.3 is 217 Å². The summed E-state index contributed by atoms with van der Waals surface area (Å²) in [5.41, 5.74) is 0. The summed E-state index contributed by atoms with van der Waals surface area (Å²) in [5, 5.41) is 0. The molecule has 0 rings (SSSR count). The van der Waals surface area contributed by atoms with E-state index in [0.29, 0.717) is 0 Å². The van der Waals surface area contributed by atoms with Crippen molar-refractivity contribution >= 4 is 0 Å². The first-order valence-electron chi connectivity index (χ1n) is 16.1. The van der Waals surface area contributed by atoms with Crippen molar-refractivity contribution in [3.05, 3.63) is 0 Å². The van der Waals surface area contributed by atoms with Crippen molar-refractivity contribution in [1.29, 1.82) is 0 Å². The second-order valence-electron chi connectivity index (χ2n) is 11.4. The van der Waals surface area contributed by atoms with Crippen molar-refractivity contribution in [2.75, 3.05) is 0 Å². The summed E-state index contributed by atoms with van der Waals surface area (Å²) >= 11 is -2.24. The molecule has 4 unspecified atom stereocenters. The van der Waals surface area contributed by atoms with E-state index in [2.05, 4.69) is 55.4 Å². The van der Waals surface area contributed by atoms with Gasteiger partial charge in [-0.1, -0.05) is 0 Å². The van der Waals surface area contributed by atoms with E-state index in [1.54, 1.807) is 25.7 Å². The van der Waals surface area contributed by atoms with Gasteiger partial charge in [0.25, 0.3) is 0 Å². The molecule has 1 heteroatoms. The second kappa shape index (κ2) is 22.0. The molecule has 0 fully saturated rings. The monoisotopic (exact) mass is 500 g/mol. The normalized spacial score (nSPS) is 17.5. The van der Waals surface area contributed by atoms with Crippen LogP contribution in [0.15, 0.2) is 0 Å². The molecular weight excluding hydrogens is 432 g/mol. The molecule has 0 radical (unpaired) electrons. The van der Waals surface area contributed by atoms with Crippen molar-refractivity contribution < 1.29 is 16.6 Å². The van der Waals surface area contributed by atoms with E-state index in [1.807, 2.05) is 0 Å². The molecule has 4 atom stereocenters. The molecular formula is C32H68Ti. The Bertz CT molecular complexity index is 326. The third kappa shape index (κ3) is 11.1. The zero-order valence-corrected chi connectivity index (χ0v) is 26.5. The molecule has 0 bridgehead atoms. The fourth-order valence-corrected chi connectivity index (χ4v) is 22.9. The van der Waals surface area contributed by atoms with Gasteiger partial charge in [0.05, 0.1) is 0 Å². The first-order valence-corrected chi connectivity index (χ1v) is 19.7. The van der Waals surface area contributed by atoms with Gasteiger partial charge in [0.1, 0.15) is 0 Å². The molecule has 0 saturated heterocycles. The van der Waals surface area contributed by atoms with Crippen molar-refractivity contribution in [3.63, 3.8) is 0 Å². The first kappa shape index (κ1) is 33.7. The van der Waals surface area contributed by atoms with E-state index < -0.39 is 16.6 Å². The van der Waals surface area contributed by atoms with E-state index >= 15 is 0 Å². The summed E-state index contributed by atoms with van der Waals surface area (Å²) in [6.07, 6.45) is 29.6. The van der Waals surface area contributed by atoms with Crippen LogP contribution < -0.4 is 0 Å². The zero-order valence-electron chi connectivity index (χ0n) is 25.0. The van der Waals surface area contributed by atoms with Crippen molar-refractivity contribution in [2.24, 2.45) is 0 Å². The Kier molecular flexibility index (Phi) is 22.4. The number of hydrogen-bond donors (Lipinski definition) is 0. The molecule has 0 heterocycles. The van der Waals surface area contributed by atoms with Crippen molar-refractivity contribution in [3.8, 4) is 0 Å². The van der Waals surface area contributed by atoms with Crippen LogP contribution in [-0.2, 0) is 16.6 Å². The topological polar surface area (TPSA) is 0 Å². The van der Waals surface area contributed by atoms with Gasteiger partial charge in [0.2, 0.25) is 0 Å². The minimum absolute atomic E-state index is 1.11. The molecule has 0 saturated carbocycles. The van der Waals surface area contributed by atoms with Crippen molar-refractivity contribution in [1.82, 2.24) is 0 Å². The minimum atomic E-state index is -2.24. The van der Waals surface area contributed by atoms with E-state index in [-0.39, 0.29) is 0 Å². The van der Waals surface area contributed by atoms with Crippen LogP contribution in [0.2, 0.25) is 16.9 Å². The Morgan fingerprint density at radius 3 is 0.697 bits per heavy atom. The summed E-state index contributed by atoms with van der Waals surface area (Å²) < 4.78 is 4.45. The summed E-state index contributed by atoms with van der Waals surface area (Å²) in [6, 6.07) is 0. The van der Waals surface area contributed by atoms with Crippen LogP contribution >= 0.6 is 0 Å². The van der Waals surface area contributed by atoms with Gasteiger partial charge in [-0.3, -0.25) is 0 Å². The van der Waals surface area contributed by atoms with Gasteiger partial charge < -0.3 is 0 Å². The van der Waals surface area contributed by atoms with Crippen LogP contribution in [0.25, 0.3) is 0 Å². The number of hydrogen-bond acceptors (Lipinski definition) is 0. The van der Waals surface area contributed by atoms with E-state index in [9.17, 15) is 0 Å². The Balaban J connectivity index is 6.50. The summed E-state index contributed by atoms with van der Waals surface area (Å²) in [7, 11) is 0. The van der Waals surface area contributed by atoms with Gasteiger partial charge in [0.15, 0.2) is 0 Å². The molecule has 0 N–H and O–H groups in total. The SMILES string of the molecule is CCCCC[CH](CC)[Ti]([CH](CC)CCCCC)([CH](CC)CCCCC)[CH](CC)CCCCC. The van der Waals surface area contributed by atoms with Gasteiger partial charge in [-0.15, -0.1) is 0 Å². The van der Waals surface area contributed by atoms with E-state index in [4.69, 9.17) is 0 Å². The average molecular weight is 501 g/mol. The molecule has 0 aromatic carbocycles. The van der Waals surface area contributed by atoms with Crippen LogP contribution in [0.1, 0.15) is 184 Å². The molecule has 0 aromatic rings. The standard InChI is InChI=1S/4C8H17.Ti/c4*1-3-5-7-8-6-4-2;/h4*5H,3-4,6-8H2,1-2H3;.